The van der Waals surface area contributed by atoms with Crippen LogP contribution in [0.3, 0.4) is 0 Å². The summed E-state index contributed by atoms with van der Waals surface area (Å²) < 4.78 is 4.93. The number of phenols is 3. The fraction of sp³-hybridized carbons (Fsp3) is 0. The molecule has 0 aliphatic rings. The molecule has 1 aromatic heterocycles. The average Bonchev–Trinajstić information content (AvgIpc) is 2.50. The first-order chi connectivity index (χ1) is 10.5. The van der Waals surface area contributed by atoms with Gasteiger partial charge in [0, 0.05) is 10.9 Å². The lowest BCUT2D eigenvalue weighted by molar-refractivity contribution is 0.103. The van der Waals surface area contributed by atoms with E-state index in [1.165, 1.54) is 42.5 Å². The molecule has 0 aliphatic heterocycles. The number of ketones is 1. The second-order valence-electron chi connectivity index (χ2n) is 4.68. The standard InChI is InChI=1S/C16H10O6/c17-10-3-1-2-8(6-10)13(19)11-7-9-4-5-12(18)14(20)15(9)22-16(11)21/h1-7,17-18,20H. The molecule has 0 amide bonds. The third kappa shape index (κ3) is 2.16. The smallest absolute Gasteiger partial charge is 0.347 e. The van der Waals surface area contributed by atoms with E-state index in [1.807, 2.05) is 0 Å². The summed E-state index contributed by atoms with van der Waals surface area (Å²) in [7, 11) is 0. The number of fused-ring (bicyclic) bond motifs is 1. The molecule has 0 saturated heterocycles. The summed E-state index contributed by atoms with van der Waals surface area (Å²) in [5.74, 6) is -1.70. The third-order valence-corrected chi connectivity index (χ3v) is 3.21. The van der Waals surface area contributed by atoms with Gasteiger partial charge in [-0.2, -0.15) is 0 Å². The highest BCUT2D eigenvalue weighted by Gasteiger charge is 2.18. The number of benzene rings is 2. The predicted molar refractivity (Wildman–Crippen MR) is 77.4 cm³/mol. The Balaban J connectivity index is 2.20. The van der Waals surface area contributed by atoms with Crippen LogP contribution in [0.1, 0.15) is 15.9 Å². The summed E-state index contributed by atoms with van der Waals surface area (Å²) in [5.41, 5.74) is -1.24. The topological polar surface area (TPSA) is 108 Å². The molecule has 0 saturated carbocycles. The van der Waals surface area contributed by atoms with E-state index in [0.717, 1.165) is 0 Å². The van der Waals surface area contributed by atoms with Gasteiger partial charge in [-0.25, -0.2) is 4.79 Å². The summed E-state index contributed by atoms with van der Waals surface area (Å²) in [6.45, 7) is 0. The molecule has 3 N–H and O–H groups in total. The van der Waals surface area contributed by atoms with Crippen molar-refractivity contribution in [3.05, 3.63) is 64.0 Å². The van der Waals surface area contributed by atoms with Crippen LogP contribution in [0, 0.1) is 0 Å². The van der Waals surface area contributed by atoms with Gasteiger partial charge < -0.3 is 19.7 Å². The van der Waals surface area contributed by atoms with Crippen LogP contribution in [0.25, 0.3) is 11.0 Å². The molecular weight excluding hydrogens is 288 g/mol. The summed E-state index contributed by atoms with van der Waals surface area (Å²) >= 11 is 0. The van der Waals surface area contributed by atoms with E-state index in [1.54, 1.807) is 0 Å². The molecule has 0 fully saturated rings. The Morgan fingerprint density at radius 3 is 2.50 bits per heavy atom. The van der Waals surface area contributed by atoms with Crippen LogP contribution < -0.4 is 5.63 Å². The maximum absolute atomic E-state index is 12.3. The zero-order valence-corrected chi connectivity index (χ0v) is 11.1. The second-order valence-corrected chi connectivity index (χ2v) is 4.68. The predicted octanol–water partition coefficient (Wildman–Crippen LogP) is 2.14. The van der Waals surface area contributed by atoms with Crippen LogP contribution >= 0.6 is 0 Å². The average molecular weight is 298 g/mol. The Kier molecular flexibility index (Phi) is 3.06. The van der Waals surface area contributed by atoms with E-state index < -0.39 is 22.9 Å². The van der Waals surface area contributed by atoms with Crippen molar-refractivity contribution >= 4 is 16.8 Å². The Morgan fingerprint density at radius 2 is 1.77 bits per heavy atom. The summed E-state index contributed by atoms with van der Waals surface area (Å²) in [4.78, 5) is 24.3. The van der Waals surface area contributed by atoms with Crippen LogP contribution in [-0.2, 0) is 0 Å². The maximum atomic E-state index is 12.3. The molecule has 1 heterocycles. The molecule has 0 spiro atoms. The highest BCUT2D eigenvalue weighted by atomic mass is 16.4. The minimum Gasteiger partial charge on any atom is -0.508 e. The normalized spacial score (nSPS) is 10.7. The Bertz CT molecular complexity index is 954. The molecule has 0 atom stereocenters. The number of carbonyl (C=O) groups is 1. The number of aromatic hydroxyl groups is 3. The van der Waals surface area contributed by atoms with Gasteiger partial charge in [0.2, 0.25) is 11.5 Å². The fourth-order valence-corrected chi connectivity index (χ4v) is 2.12. The number of hydrogen-bond acceptors (Lipinski definition) is 6. The number of rotatable bonds is 2. The van der Waals surface area contributed by atoms with Crippen LogP contribution in [0.15, 0.2) is 51.7 Å². The van der Waals surface area contributed by atoms with E-state index in [-0.39, 0.29) is 22.5 Å². The van der Waals surface area contributed by atoms with Crippen LogP contribution in [-0.4, -0.2) is 21.1 Å². The van der Waals surface area contributed by atoms with Crippen molar-refractivity contribution in [3.8, 4) is 17.2 Å². The molecule has 22 heavy (non-hydrogen) atoms. The third-order valence-electron chi connectivity index (χ3n) is 3.21. The Morgan fingerprint density at radius 1 is 1.00 bits per heavy atom. The molecule has 6 heteroatoms. The molecule has 0 unspecified atom stereocenters. The van der Waals surface area contributed by atoms with Crippen molar-refractivity contribution in [3.63, 3.8) is 0 Å². The first kappa shape index (κ1) is 13.7. The van der Waals surface area contributed by atoms with Crippen molar-refractivity contribution in [2.45, 2.75) is 0 Å². The highest BCUT2D eigenvalue weighted by molar-refractivity contribution is 6.10. The summed E-state index contributed by atoms with van der Waals surface area (Å²) in [5, 5.41) is 28.7. The van der Waals surface area contributed by atoms with Gasteiger partial charge in [-0.05, 0) is 30.3 Å². The van der Waals surface area contributed by atoms with Gasteiger partial charge in [-0.3, -0.25) is 4.79 Å². The largest absolute Gasteiger partial charge is 0.508 e. The van der Waals surface area contributed by atoms with Crippen molar-refractivity contribution in [1.82, 2.24) is 0 Å². The fourth-order valence-electron chi connectivity index (χ4n) is 2.12. The number of carbonyl (C=O) groups excluding carboxylic acids is 1. The van der Waals surface area contributed by atoms with Crippen molar-refractivity contribution in [2.24, 2.45) is 0 Å². The lowest BCUT2D eigenvalue weighted by Gasteiger charge is -2.04. The quantitative estimate of drug-likeness (QED) is 0.380. The first-order valence-corrected chi connectivity index (χ1v) is 6.30. The zero-order valence-electron chi connectivity index (χ0n) is 11.1. The van der Waals surface area contributed by atoms with Crippen molar-refractivity contribution in [1.29, 1.82) is 0 Å². The van der Waals surface area contributed by atoms with Gasteiger partial charge in [0.25, 0.3) is 0 Å². The molecule has 2 aromatic carbocycles. The Hall–Kier alpha value is -3.28. The highest BCUT2D eigenvalue weighted by Crippen LogP contribution is 2.33. The van der Waals surface area contributed by atoms with E-state index in [2.05, 4.69) is 0 Å². The SMILES string of the molecule is O=C(c1cccc(O)c1)c1cc2ccc(O)c(O)c2oc1=O. The second kappa shape index (κ2) is 4.92. The van der Waals surface area contributed by atoms with Crippen molar-refractivity contribution < 1.29 is 24.5 Å². The van der Waals surface area contributed by atoms with Gasteiger partial charge in [0.1, 0.15) is 11.3 Å². The molecule has 3 rings (SSSR count). The molecule has 0 radical (unpaired) electrons. The van der Waals surface area contributed by atoms with E-state index in [0.29, 0.717) is 5.39 Å². The lowest BCUT2D eigenvalue weighted by Crippen LogP contribution is -2.14. The van der Waals surface area contributed by atoms with E-state index >= 15 is 0 Å². The van der Waals surface area contributed by atoms with Gasteiger partial charge >= 0.3 is 5.63 Å². The maximum Gasteiger partial charge on any atom is 0.347 e. The number of phenolic OH excluding ortho intramolecular Hbond substituents is 3. The monoisotopic (exact) mass is 298 g/mol. The molecule has 3 aromatic rings. The molecule has 110 valence electrons. The molecule has 0 aliphatic carbocycles. The van der Waals surface area contributed by atoms with Crippen LogP contribution in [0.2, 0.25) is 0 Å². The van der Waals surface area contributed by atoms with Gasteiger partial charge in [0.15, 0.2) is 11.3 Å². The number of hydrogen-bond donors (Lipinski definition) is 3. The summed E-state index contributed by atoms with van der Waals surface area (Å²) in [6.07, 6.45) is 0. The molecular formula is C16H10O6. The van der Waals surface area contributed by atoms with Gasteiger partial charge in [-0.1, -0.05) is 12.1 Å². The Labute approximate surface area is 123 Å². The minimum absolute atomic E-state index is 0.0985. The van der Waals surface area contributed by atoms with E-state index in [4.69, 9.17) is 4.42 Å². The summed E-state index contributed by atoms with van der Waals surface area (Å²) in [6, 6.07) is 9.48. The lowest BCUT2D eigenvalue weighted by atomic mass is 10.0. The molecule has 6 nitrogen and oxygen atoms in total. The zero-order chi connectivity index (χ0) is 15.9. The minimum atomic E-state index is -0.943. The van der Waals surface area contributed by atoms with Crippen LogP contribution in [0.4, 0.5) is 0 Å². The van der Waals surface area contributed by atoms with E-state index in [9.17, 15) is 24.9 Å². The van der Waals surface area contributed by atoms with Gasteiger partial charge in [0.05, 0.1) is 0 Å². The first-order valence-electron chi connectivity index (χ1n) is 6.30. The van der Waals surface area contributed by atoms with Crippen molar-refractivity contribution in [2.75, 3.05) is 0 Å². The molecule has 0 bridgehead atoms. The van der Waals surface area contributed by atoms with Crippen LogP contribution in [0.5, 0.6) is 17.2 Å². The van der Waals surface area contributed by atoms with Gasteiger partial charge in [-0.15, -0.1) is 0 Å².